The molecule has 22 heavy (non-hydrogen) atoms. The van der Waals surface area contributed by atoms with Gasteiger partial charge in [0.2, 0.25) is 0 Å². The van der Waals surface area contributed by atoms with Gasteiger partial charge in [-0.2, -0.15) is 0 Å². The lowest BCUT2D eigenvalue weighted by Crippen LogP contribution is -2.33. The standard InChI is InChI=1S/C17H21N3O2/c1-20(2)16-9-8-14(11-18-16)17(22)19-12-15(21)10-13-6-4-3-5-7-13/h3-9,11,15,21H,10,12H2,1-2H3,(H,19,22). The van der Waals surface area contributed by atoms with Gasteiger partial charge in [0, 0.05) is 33.3 Å². The van der Waals surface area contributed by atoms with E-state index in [1.165, 1.54) is 6.20 Å². The second kappa shape index (κ2) is 7.56. The third-order valence-corrected chi connectivity index (χ3v) is 3.28. The van der Waals surface area contributed by atoms with E-state index in [9.17, 15) is 9.90 Å². The topological polar surface area (TPSA) is 65.5 Å². The molecular formula is C17H21N3O2. The zero-order valence-corrected chi connectivity index (χ0v) is 12.9. The van der Waals surface area contributed by atoms with Crippen molar-refractivity contribution in [2.24, 2.45) is 0 Å². The molecule has 0 spiro atoms. The summed E-state index contributed by atoms with van der Waals surface area (Å²) in [6.07, 6.45) is 1.44. The highest BCUT2D eigenvalue weighted by Gasteiger charge is 2.10. The number of anilines is 1. The molecule has 116 valence electrons. The molecule has 1 aromatic heterocycles. The van der Waals surface area contributed by atoms with Crippen LogP contribution in [0.5, 0.6) is 0 Å². The lowest BCUT2D eigenvalue weighted by Gasteiger charge is -2.13. The second-order valence-corrected chi connectivity index (χ2v) is 5.35. The molecule has 2 aromatic rings. The van der Waals surface area contributed by atoms with E-state index in [2.05, 4.69) is 10.3 Å². The summed E-state index contributed by atoms with van der Waals surface area (Å²) >= 11 is 0. The summed E-state index contributed by atoms with van der Waals surface area (Å²) in [5.74, 6) is 0.561. The van der Waals surface area contributed by atoms with E-state index >= 15 is 0 Å². The molecule has 0 saturated heterocycles. The van der Waals surface area contributed by atoms with Crippen LogP contribution in [0, 0.1) is 0 Å². The Labute approximate surface area is 130 Å². The normalized spacial score (nSPS) is 11.8. The Morgan fingerprint density at radius 1 is 1.23 bits per heavy atom. The van der Waals surface area contributed by atoms with Crippen molar-refractivity contribution in [2.45, 2.75) is 12.5 Å². The predicted molar refractivity (Wildman–Crippen MR) is 87.1 cm³/mol. The Morgan fingerprint density at radius 2 is 1.95 bits per heavy atom. The molecule has 1 heterocycles. The van der Waals surface area contributed by atoms with E-state index in [0.717, 1.165) is 11.4 Å². The summed E-state index contributed by atoms with van der Waals surface area (Å²) in [7, 11) is 3.78. The van der Waals surface area contributed by atoms with Crippen molar-refractivity contribution in [2.75, 3.05) is 25.5 Å². The molecule has 2 N–H and O–H groups in total. The highest BCUT2D eigenvalue weighted by atomic mass is 16.3. The quantitative estimate of drug-likeness (QED) is 0.848. The summed E-state index contributed by atoms with van der Waals surface area (Å²) in [6.45, 7) is 0.211. The second-order valence-electron chi connectivity index (χ2n) is 5.35. The fourth-order valence-corrected chi connectivity index (χ4v) is 2.06. The lowest BCUT2D eigenvalue weighted by atomic mass is 10.1. The SMILES string of the molecule is CN(C)c1ccc(C(=O)NCC(O)Cc2ccccc2)cn1. The van der Waals surface area contributed by atoms with Gasteiger partial charge in [0.15, 0.2) is 0 Å². The van der Waals surface area contributed by atoms with Crippen LogP contribution in [0.4, 0.5) is 5.82 Å². The highest BCUT2D eigenvalue weighted by Crippen LogP contribution is 2.08. The number of nitrogens with one attached hydrogen (secondary N) is 1. The van der Waals surface area contributed by atoms with Crippen molar-refractivity contribution in [1.82, 2.24) is 10.3 Å². The van der Waals surface area contributed by atoms with Crippen LogP contribution in [0.3, 0.4) is 0 Å². The van der Waals surface area contributed by atoms with E-state index < -0.39 is 6.10 Å². The number of rotatable bonds is 6. The number of hydrogen-bond acceptors (Lipinski definition) is 4. The molecular weight excluding hydrogens is 278 g/mol. The van der Waals surface area contributed by atoms with Gasteiger partial charge in [-0.15, -0.1) is 0 Å². The number of carbonyl (C=O) groups is 1. The van der Waals surface area contributed by atoms with E-state index in [-0.39, 0.29) is 12.5 Å². The Morgan fingerprint density at radius 3 is 2.55 bits per heavy atom. The minimum absolute atomic E-state index is 0.211. The van der Waals surface area contributed by atoms with Crippen LogP contribution in [0.25, 0.3) is 0 Å². The summed E-state index contributed by atoms with van der Waals surface area (Å²) in [4.78, 5) is 18.1. The van der Waals surface area contributed by atoms with Gasteiger partial charge < -0.3 is 15.3 Å². The fourth-order valence-electron chi connectivity index (χ4n) is 2.06. The van der Waals surface area contributed by atoms with Crippen molar-refractivity contribution >= 4 is 11.7 Å². The van der Waals surface area contributed by atoms with Crippen LogP contribution in [0.1, 0.15) is 15.9 Å². The van der Waals surface area contributed by atoms with Gasteiger partial charge in [0.25, 0.3) is 5.91 Å². The molecule has 0 fully saturated rings. The number of pyridine rings is 1. The van der Waals surface area contributed by atoms with Crippen LogP contribution >= 0.6 is 0 Å². The minimum Gasteiger partial charge on any atom is -0.391 e. The Hall–Kier alpha value is -2.40. The third-order valence-electron chi connectivity index (χ3n) is 3.28. The molecule has 0 saturated carbocycles. The van der Waals surface area contributed by atoms with Crippen molar-refractivity contribution in [3.63, 3.8) is 0 Å². The van der Waals surface area contributed by atoms with Crippen LogP contribution < -0.4 is 10.2 Å². The Balaban J connectivity index is 1.84. The monoisotopic (exact) mass is 299 g/mol. The Bertz CT molecular complexity index is 597. The highest BCUT2D eigenvalue weighted by molar-refractivity contribution is 5.94. The van der Waals surface area contributed by atoms with Crippen LogP contribution in [-0.4, -0.2) is 42.7 Å². The number of hydrogen-bond donors (Lipinski definition) is 2. The first kappa shape index (κ1) is 16.0. The van der Waals surface area contributed by atoms with E-state index in [0.29, 0.717) is 12.0 Å². The number of aliphatic hydroxyl groups is 1. The van der Waals surface area contributed by atoms with Gasteiger partial charge in [-0.05, 0) is 17.7 Å². The van der Waals surface area contributed by atoms with Gasteiger partial charge in [-0.3, -0.25) is 4.79 Å². The summed E-state index contributed by atoms with van der Waals surface area (Å²) in [5, 5.41) is 12.7. The van der Waals surface area contributed by atoms with Crippen LogP contribution in [0.2, 0.25) is 0 Å². The number of nitrogens with zero attached hydrogens (tertiary/aromatic N) is 2. The first-order valence-corrected chi connectivity index (χ1v) is 7.20. The predicted octanol–water partition coefficient (Wildman–Crippen LogP) is 1.48. The third kappa shape index (κ3) is 4.56. The van der Waals surface area contributed by atoms with Gasteiger partial charge >= 0.3 is 0 Å². The van der Waals surface area contributed by atoms with Crippen molar-refractivity contribution in [3.8, 4) is 0 Å². The molecule has 0 aliphatic rings. The van der Waals surface area contributed by atoms with Gasteiger partial charge in [0.1, 0.15) is 5.82 Å². The maximum Gasteiger partial charge on any atom is 0.252 e. The average molecular weight is 299 g/mol. The van der Waals surface area contributed by atoms with Crippen molar-refractivity contribution in [1.29, 1.82) is 0 Å². The molecule has 1 amide bonds. The first-order chi connectivity index (χ1) is 10.6. The smallest absolute Gasteiger partial charge is 0.252 e. The maximum atomic E-state index is 12.0. The summed E-state index contributed by atoms with van der Waals surface area (Å²) < 4.78 is 0. The fraction of sp³-hybridized carbons (Fsp3) is 0.294. The summed E-state index contributed by atoms with van der Waals surface area (Å²) in [5.41, 5.74) is 1.53. The molecule has 5 heteroatoms. The van der Waals surface area contributed by atoms with Gasteiger partial charge in [-0.25, -0.2) is 4.98 Å². The number of amides is 1. The molecule has 0 bridgehead atoms. The maximum absolute atomic E-state index is 12.0. The number of carbonyl (C=O) groups excluding carboxylic acids is 1. The molecule has 1 atom stereocenters. The largest absolute Gasteiger partial charge is 0.391 e. The first-order valence-electron chi connectivity index (χ1n) is 7.20. The molecule has 0 aliphatic heterocycles. The molecule has 0 aliphatic carbocycles. The number of benzene rings is 1. The Kier molecular flexibility index (Phi) is 5.49. The lowest BCUT2D eigenvalue weighted by molar-refractivity contribution is 0.0915. The van der Waals surface area contributed by atoms with E-state index in [1.807, 2.05) is 49.3 Å². The molecule has 1 unspecified atom stereocenters. The zero-order chi connectivity index (χ0) is 15.9. The molecule has 2 rings (SSSR count). The van der Waals surface area contributed by atoms with E-state index in [1.54, 1.807) is 12.1 Å². The summed E-state index contributed by atoms with van der Waals surface area (Å²) in [6, 6.07) is 13.2. The average Bonchev–Trinajstić information content (AvgIpc) is 2.53. The molecule has 0 radical (unpaired) electrons. The van der Waals surface area contributed by atoms with Crippen LogP contribution in [0.15, 0.2) is 48.7 Å². The molecule has 5 nitrogen and oxygen atoms in total. The number of aliphatic hydroxyl groups excluding tert-OH is 1. The van der Waals surface area contributed by atoms with Gasteiger partial charge in [-0.1, -0.05) is 30.3 Å². The zero-order valence-electron chi connectivity index (χ0n) is 12.9. The van der Waals surface area contributed by atoms with Gasteiger partial charge in [0.05, 0.1) is 11.7 Å². The molecule has 1 aromatic carbocycles. The van der Waals surface area contributed by atoms with Crippen molar-refractivity contribution < 1.29 is 9.90 Å². The van der Waals surface area contributed by atoms with Crippen molar-refractivity contribution in [3.05, 3.63) is 59.8 Å². The van der Waals surface area contributed by atoms with E-state index in [4.69, 9.17) is 0 Å². The number of aromatic nitrogens is 1. The minimum atomic E-state index is -0.611. The van der Waals surface area contributed by atoms with Crippen LogP contribution in [-0.2, 0) is 6.42 Å².